The molecule has 1 unspecified atom stereocenters. The van der Waals surface area contributed by atoms with Gasteiger partial charge in [-0.2, -0.15) is 0 Å². The van der Waals surface area contributed by atoms with Crippen LogP contribution in [0.3, 0.4) is 0 Å². The Kier molecular flexibility index (Phi) is 5.33. The summed E-state index contributed by atoms with van der Waals surface area (Å²) in [5.74, 6) is 0.717. The van der Waals surface area contributed by atoms with Crippen LogP contribution in [0.5, 0.6) is 11.5 Å². The molecule has 5 rings (SSSR count). The number of hydrogen-bond acceptors (Lipinski definition) is 8. The lowest BCUT2D eigenvalue weighted by atomic mass is 9.98. The molecular weight excluding hydrogens is 442 g/mol. The fraction of sp³-hybridized carbons (Fsp3) is 0.250. The number of nitrogens with zero attached hydrogens (tertiary/aromatic N) is 3. The van der Waals surface area contributed by atoms with Crippen molar-refractivity contribution < 1.29 is 18.7 Å². The molecule has 0 saturated carbocycles. The topological polar surface area (TPSA) is 94.8 Å². The van der Waals surface area contributed by atoms with Crippen LogP contribution < -0.4 is 19.8 Å². The van der Waals surface area contributed by atoms with Crippen molar-refractivity contribution >= 4 is 33.3 Å². The smallest absolute Gasteiger partial charge is 0.297 e. The maximum absolute atomic E-state index is 13.7. The second kappa shape index (κ2) is 8.32. The lowest BCUT2D eigenvalue weighted by Gasteiger charge is -2.23. The number of carbonyl (C=O) groups is 1. The van der Waals surface area contributed by atoms with E-state index in [-0.39, 0.29) is 16.8 Å². The van der Waals surface area contributed by atoms with E-state index in [0.29, 0.717) is 46.4 Å². The molecule has 0 aliphatic carbocycles. The largest absolute Gasteiger partial charge is 0.490 e. The van der Waals surface area contributed by atoms with Crippen molar-refractivity contribution in [2.24, 2.45) is 0 Å². The highest BCUT2D eigenvalue weighted by Crippen LogP contribution is 2.43. The number of benzene rings is 2. The third-order valence-corrected chi connectivity index (χ3v) is 6.15. The first-order valence-corrected chi connectivity index (χ1v) is 11.5. The molecule has 0 saturated heterocycles. The molecular formula is C24H21N3O5S. The lowest BCUT2D eigenvalue weighted by molar-refractivity contribution is 0.0970. The van der Waals surface area contributed by atoms with Crippen LogP contribution in [0.25, 0.3) is 11.0 Å². The number of aryl methyl sites for hydroxylation is 1. The van der Waals surface area contributed by atoms with Crippen molar-refractivity contribution in [1.29, 1.82) is 0 Å². The van der Waals surface area contributed by atoms with E-state index in [4.69, 9.17) is 13.9 Å². The van der Waals surface area contributed by atoms with Gasteiger partial charge in [-0.25, -0.2) is 0 Å². The van der Waals surface area contributed by atoms with Crippen molar-refractivity contribution in [2.45, 2.75) is 26.8 Å². The van der Waals surface area contributed by atoms with Crippen molar-refractivity contribution in [3.05, 3.63) is 74.6 Å². The van der Waals surface area contributed by atoms with Crippen LogP contribution in [0, 0.1) is 6.92 Å². The molecule has 0 fully saturated rings. The minimum atomic E-state index is -0.739. The van der Waals surface area contributed by atoms with Gasteiger partial charge < -0.3 is 13.9 Å². The highest BCUT2D eigenvalue weighted by molar-refractivity contribution is 7.13. The molecule has 168 valence electrons. The molecule has 0 spiro atoms. The molecule has 33 heavy (non-hydrogen) atoms. The Morgan fingerprint density at radius 1 is 1.06 bits per heavy atom. The number of anilines is 1. The van der Waals surface area contributed by atoms with Crippen LogP contribution in [-0.4, -0.2) is 29.3 Å². The standard InChI is InChI=1S/C24H21N3O5S/c1-4-30-17-9-7-14(11-18(17)31-5-2)20-19-21(28)15-10-13(3)6-8-16(15)32-22(19)23(29)27(20)24-26-25-12-33-24/h6-12,20H,4-5H2,1-3H3. The molecule has 2 aromatic heterocycles. The van der Waals surface area contributed by atoms with E-state index in [1.54, 1.807) is 29.8 Å². The van der Waals surface area contributed by atoms with E-state index in [0.717, 1.165) is 5.56 Å². The van der Waals surface area contributed by atoms with Gasteiger partial charge in [0.1, 0.15) is 11.1 Å². The number of carbonyl (C=O) groups excluding carboxylic acids is 1. The fourth-order valence-corrected chi connectivity index (χ4v) is 4.69. The maximum atomic E-state index is 13.7. The van der Waals surface area contributed by atoms with Gasteiger partial charge in [-0.1, -0.05) is 29.0 Å². The number of amides is 1. The van der Waals surface area contributed by atoms with Gasteiger partial charge in [0.25, 0.3) is 5.91 Å². The third kappa shape index (κ3) is 3.45. The Morgan fingerprint density at radius 2 is 1.85 bits per heavy atom. The molecule has 4 aromatic rings. The molecule has 0 bridgehead atoms. The van der Waals surface area contributed by atoms with Crippen molar-refractivity contribution in [3.8, 4) is 11.5 Å². The van der Waals surface area contributed by atoms with E-state index in [1.165, 1.54) is 16.2 Å². The lowest BCUT2D eigenvalue weighted by Crippen LogP contribution is -2.29. The van der Waals surface area contributed by atoms with Crippen molar-refractivity contribution in [1.82, 2.24) is 10.2 Å². The quantitative estimate of drug-likeness (QED) is 0.415. The first-order chi connectivity index (χ1) is 16.0. The number of rotatable bonds is 6. The summed E-state index contributed by atoms with van der Waals surface area (Å²) in [6.45, 7) is 6.60. The molecule has 2 aromatic carbocycles. The number of aromatic nitrogens is 2. The summed E-state index contributed by atoms with van der Waals surface area (Å²) in [6, 6.07) is 10.0. The summed E-state index contributed by atoms with van der Waals surface area (Å²) in [5, 5.41) is 8.80. The Hall–Kier alpha value is -3.72. The van der Waals surface area contributed by atoms with E-state index in [1.807, 2.05) is 32.9 Å². The first-order valence-electron chi connectivity index (χ1n) is 10.6. The van der Waals surface area contributed by atoms with Crippen LogP contribution in [0.4, 0.5) is 5.13 Å². The highest BCUT2D eigenvalue weighted by atomic mass is 32.1. The normalized spacial score (nSPS) is 15.2. The Morgan fingerprint density at radius 3 is 2.58 bits per heavy atom. The van der Waals surface area contributed by atoms with Gasteiger partial charge in [-0.3, -0.25) is 14.5 Å². The highest BCUT2D eigenvalue weighted by Gasteiger charge is 2.45. The minimum Gasteiger partial charge on any atom is -0.490 e. The average Bonchev–Trinajstić information content (AvgIpc) is 3.43. The predicted molar refractivity (Wildman–Crippen MR) is 125 cm³/mol. The summed E-state index contributed by atoms with van der Waals surface area (Å²) >= 11 is 1.21. The molecule has 0 radical (unpaired) electrons. The molecule has 8 nitrogen and oxygen atoms in total. The van der Waals surface area contributed by atoms with Crippen LogP contribution >= 0.6 is 11.3 Å². The van der Waals surface area contributed by atoms with Gasteiger partial charge in [-0.15, -0.1) is 10.2 Å². The zero-order chi connectivity index (χ0) is 23.1. The molecule has 1 atom stereocenters. The molecule has 1 amide bonds. The predicted octanol–water partition coefficient (Wildman–Crippen LogP) is 4.50. The van der Waals surface area contributed by atoms with Gasteiger partial charge in [0.05, 0.1) is 30.2 Å². The fourth-order valence-electron chi connectivity index (χ4n) is 4.11. The number of ether oxygens (including phenoxy) is 2. The SMILES string of the molecule is CCOc1ccc(C2c3c(oc4ccc(C)cc4c3=O)C(=O)N2c2nncs2)cc1OCC. The molecule has 1 aliphatic rings. The summed E-state index contributed by atoms with van der Waals surface area (Å²) in [6.07, 6.45) is 0. The van der Waals surface area contributed by atoms with Gasteiger partial charge in [0.15, 0.2) is 16.9 Å². The van der Waals surface area contributed by atoms with Crippen LogP contribution in [0.1, 0.15) is 47.1 Å². The summed E-state index contributed by atoms with van der Waals surface area (Å²) < 4.78 is 17.5. The van der Waals surface area contributed by atoms with Gasteiger partial charge in [0.2, 0.25) is 10.9 Å². The maximum Gasteiger partial charge on any atom is 0.297 e. The summed E-state index contributed by atoms with van der Waals surface area (Å²) in [5.41, 5.74) is 3.56. The van der Waals surface area contributed by atoms with Gasteiger partial charge >= 0.3 is 0 Å². The van der Waals surface area contributed by atoms with Crippen LogP contribution in [0.2, 0.25) is 0 Å². The average molecular weight is 464 g/mol. The summed E-state index contributed by atoms with van der Waals surface area (Å²) in [4.78, 5) is 28.6. The second-order valence-corrected chi connectivity index (χ2v) is 8.36. The Balaban J connectivity index is 1.77. The van der Waals surface area contributed by atoms with Crippen molar-refractivity contribution in [3.63, 3.8) is 0 Å². The Labute approximate surface area is 193 Å². The van der Waals surface area contributed by atoms with Crippen LogP contribution in [0.15, 0.2) is 51.1 Å². The summed E-state index contributed by atoms with van der Waals surface area (Å²) in [7, 11) is 0. The Bertz CT molecular complexity index is 1410. The number of fused-ring (bicyclic) bond motifs is 2. The monoisotopic (exact) mass is 463 g/mol. The molecule has 3 heterocycles. The van der Waals surface area contributed by atoms with Crippen molar-refractivity contribution in [2.75, 3.05) is 18.1 Å². The number of hydrogen-bond donors (Lipinski definition) is 0. The van der Waals surface area contributed by atoms with E-state index in [2.05, 4.69) is 10.2 Å². The van der Waals surface area contributed by atoms with E-state index in [9.17, 15) is 9.59 Å². The first kappa shape index (κ1) is 21.1. The second-order valence-electron chi connectivity index (χ2n) is 7.54. The molecule has 0 N–H and O–H groups in total. The van der Waals surface area contributed by atoms with Gasteiger partial charge in [-0.05, 0) is 50.6 Å². The third-order valence-electron chi connectivity index (χ3n) is 5.46. The zero-order valence-corrected chi connectivity index (χ0v) is 19.1. The zero-order valence-electron chi connectivity index (χ0n) is 18.3. The van der Waals surface area contributed by atoms with E-state index < -0.39 is 11.9 Å². The van der Waals surface area contributed by atoms with E-state index >= 15 is 0 Å². The molecule has 1 aliphatic heterocycles. The molecule has 9 heteroatoms. The van der Waals surface area contributed by atoms with Gasteiger partial charge in [0, 0.05) is 0 Å². The minimum absolute atomic E-state index is 0.0170. The van der Waals surface area contributed by atoms with Crippen LogP contribution in [-0.2, 0) is 0 Å².